The van der Waals surface area contributed by atoms with Gasteiger partial charge in [-0.1, -0.05) is 12.1 Å². The number of hydrogen-bond donors (Lipinski definition) is 2. The topological polar surface area (TPSA) is 96.9 Å². The van der Waals surface area contributed by atoms with E-state index in [4.69, 9.17) is 4.74 Å². The van der Waals surface area contributed by atoms with E-state index < -0.39 is 5.97 Å². The summed E-state index contributed by atoms with van der Waals surface area (Å²) in [5, 5.41) is 7.49. The Balaban J connectivity index is 1.94. The number of ether oxygens (including phenoxy) is 1. The fourth-order valence-electron chi connectivity index (χ4n) is 3.08. The lowest BCUT2D eigenvalue weighted by atomic mass is 9.94. The molecule has 2 N–H and O–H groups in total. The number of thiophene rings is 1. The number of anilines is 1. The molecule has 0 aliphatic heterocycles. The Morgan fingerprint density at radius 3 is 2.69 bits per heavy atom. The predicted molar refractivity (Wildman–Crippen MR) is 116 cm³/mol. The molecule has 0 saturated carbocycles. The molecular formula is C20H20BrN3O4S. The largest absolute Gasteiger partial charge is 0.462 e. The minimum atomic E-state index is -0.466. The van der Waals surface area contributed by atoms with Crippen molar-refractivity contribution in [2.24, 2.45) is 5.10 Å². The van der Waals surface area contributed by atoms with Gasteiger partial charge < -0.3 is 10.1 Å². The number of carbonyl (C=O) groups excluding carboxylic acids is 3. The molecule has 152 valence electrons. The highest BCUT2D eigenvalue weighted by Gasteiger charge is 2.30. The van der Waals surface area contributed by atoms with Gasteiger partial charge in [0.25, 0.3) is 5.91 Å². The van der Waals surface area contributed by atoms with E-state index in [0.29, 0.717) is 39.2 Å². The van der Waals surface area contributed by atoms with E-state index in [1.165, 1.54) is 18.3 Å². The van der Waals surface area contributed by atoms with Gasteiger partial charge >= 0.3 is 5.97 Å². The van der Waals surface area contributed by atoms with E-state index in [-0.39, 0.29) is 18.4 Å². The zero-order valence-corrected chi connectivity index (χ0v) is 18.4. The molecule has 7 nitrogen and oxygen atoms in total. The average Bonchev–Trinajstić information content (AvgIpc) is 3.04. The number of hydrazone groups is 1. The SMILES string of the molecule is CCOC(=O)c1c(NC(C)=O)sc2c1CCC/C2=N\NC(=O)c1ccccc1Br. The Bertz CT molecular complexity index is 1000. The first-order valence-corrected chi connectivity index (χ1v) is 10.8. The molecule has 0 unspecified atom stereocenters. The quantitative estimate of drug-likeness (QED) is 0.499. The van der Waals surface area contributed by atoms with Crippen LogP contribution in [0.25, 0.3) is 0 Å². The van der Waals surface area contributed by atoms with E-state index in [9.17, 15) is 14.4 Å². The van der Waals surface area contributed by atoms with Crippen molar-refractivity contribution in [3.8, 4) is 0 Å². The third kappa shape index (κ3) is 4.73. The summed E-state index contributed by atoms with van der Waals surface area (Å²) in [5.74, 6) is -1.07. The minimum Gasteiger partial charge on any atom is -0.462 e. The number of halogens is 1. The fourth-order valence-corrected chi connectivity index (χ4v) is 4.85. The number of rotatable bonds is 5. The van der Waals surface area contributed by atoms with E-state index in [2.05, 4.69) is 31.8 Å². The second-order valence-corrected chi connectivity index (χ2v) is 8.22. The van der Waals surface area contributed by atoms with Gasteiger partial charge in [0.05, 0.1) is 28.3 Å². The van der Waals surface area contributed by atoms with Crippen molar-refractivity contribution in [3.63, 3.8) is 0 Å². The summed E-state index contributed by atoms with van der Waals surface area (Å²) in [7, 11) is 0. The molecular weight excluding hydrogens is 458 g/mol. The van der Waals surface area contributed by atoms with Gasteiger partial charge in [0.2, 0.25) is 5.91 Å². The van der Waals surface area contributed by atoms with Gasteiger partial charge in [-0.05, 0) is 59.8 Å². The van der Waals surface area contributed by atoms with Gasteiger partial charge in [-0.25, -0.2) is 10.2 Å². The summed E-state index contributed by atoms with van der Waals surface area (Å²) in [6.07, 6.45) is 2.11. The molecule has 3 rings (SSSR count). The first kappa shape index (κ1) is 21.2. The summed E-state index contributed by atoms with van der Waals surface area (Å²) >= 11 is 4.64. The van der Waals surface area contributed by atoms with Crippen LogP contribution in [0, 0.1) is 0 Å². The van der Waals surface area contributed by atoms with Crippen LogP contribution in [0.5, 0.6) is 0 Å². The molecule has 0 bridgehead atoms. The molecule has 1 aliphatic rings. The zero-order chi connectivity index (χ0) is 21.0. The minimum absolute atomic E-state index is 0.242. The van der Waals surface area contributed by atoms with Crippen molar-refractivity contribution in [2.45, 2.75) is 33.1 Å². The van der Waals surface area contributed by atoms with Crippen molar-refractivity contribution in [1.82, 2.24) is 5.43 Å². The van der Waals surface area contributed by atoms with Gasteiger partial charge in [0.15, 0.2) is 0 Å². The van der Waals surface area contributed by atoms with Crippen LogP contribution in [0.15, 0.2) is 33.8 Å². The predicted octanol–water partition coefficient (Wildman–Crippen LogP) is 4.12. The van der Waals surface area contributed by atoms with Gasteiger partial charge in [0, 0.05) is 11.4 Å². The Kier molecular flexibility index (Phi) is 6.81. The van der Waals surface area contributed by atoms with Crippen LogP contribution >= 0.6 is 27.3 Å². The highest BCUT2D eigenvalue weighted by Crippen LogP contribution is 2.39. The standard InChI is InChI=1S/C20H20BrN3O4S/c1-3-28-20(27)16-13-8-6-10-15(17(13)29-19(16)22-11(2)25)23-24-18(26)12-7-4-5-9-14(12)21/h4-5,7,9H,3,6,8,10H2,1-2H3,(H,22,25)(H,24,26)/b23-15+. The monoisotopic (exact) mass is 477 g/mol. The number of nitrogens with one attached hydrogen (secondary N) is 2. The summed E-state index contributed by atoms with van der Waals surface area (Å²) in [6, 6.07) is 7.08. The normalized spacial score (nSPS) is 14.2. The molecule has 2 aromatic rings. The lowest BCUT2D eigenvalue weighted by Crippen LogP contribution is -2.22. The number of esters is 1. The lowest BCUT2D eigenvalue weighted by molar-refractivity contribution is -0.114. The van der Waals surface area contributed by atoms with Crippen LogP contribution in [0.3, 0.4) is 0 Å². The Morgan fingerprint density at radius 2 is 2.00 bits per heavy atom. The van der Waals surface area contributed by atoms with Crippen LogP contribution in [0.1, 0.15) is 57.8 Å². The molecule has 1 heterocycles. The fraction of sp³-hybridized carbons (Fsp3) is 0.300. The number of amides is 2. The van der Waals surface area contributed by atoms with Crippen molar-refractivity contribution in [1.29, 1.82) is 0 Å². The molecule has 1 aromatic heterocycles. The molecule has 0 fully saturated rings. The third-order valence-corrected chi connectivity index (χ3v) is 6.18. The summed E-state index contributed by atoms with van der Waals surface area (Å²) in [4.78, 5) is 37.3. The number of nitrogens with zero attached hydrogens (tertiary/aromatic N) is 1. The van der Waals surface area contributed by atoms with Crippen LogP contribution < -0.4 is 10.7 Å². The number of benzene rings is 1. The molecule has 1 aromatic carbocycles. The van der Waals surface area contributed by atoms with Crippen molar-refractivity contribution < 1.29 is 19.1 Å². The molecule has 0 radical (unpaired) electrons. The third-order valence-electron chi connectivity index (χ3n) is 4.29. The maximum Gasteiger partial charge on any atom is 0.341 e. The van der Waals surface area contributed by atoms with Gasteiger partial charge in [-0.2, -0.15) is 5.10 Å². The average molecular weight is 478 g/mol. The Labute approximate surface area is 180 Å². The summed E-state index contributed by atoms with van der Waals surface area (Å²) < 4.78 is 5.86. The second kappa shape index (κ2) is 9.32. The second-order valence-electron chi connectivity index (χ2n) is 6.35. The van der Waals surface area contributed by atoms with E-state index in [1.54, 1.807) is 25.1 Å². The Hall–Kier alpha value is -2.52. The van der Waals surface area contributed by atoms with Crippen molar-refractivity contribution in [2.75, 3.05) is 11.9 Å². The molecule has 1 aliphatic carbocycles. The van der Waals surface area contributed by atoms with E-state index in [0.717, 1.165) is 16.9 Å². The molecule has 0 saturated heterocycles. The molecule has 0 atom stereocenters. The highest BCUT2D eigenvalue weighted by atomic mass is 79.9. The highest BCUT2D eigenvalue weighted by molar-refractivity contribution is 9.10. The smallest absolute Gasteiger partial charge is 0.341 e. The number of carbonyl (C=O) groups is 3. The number of fused-ring (bicyclic) bond motifs is 1. The Morgan fingerprint density at radius 1 is 1.24 bits per heavy atom. The summed E-state index contributed by atoms with van der Waals surface area (Å²) in [5.41, 5.74) is 4.94. The van der Waals surface area contributed by atoms with Crippen molar-refractivity contribution in [3.05, 3.63) is 50.3 Å². The van der Waals surface area contributed by atoms with E-state index in [1.807, 2.05) is 6.07 Å². The molecule has 9 heteroatoms. The molecule has 29 heavy (non-hydrogen) atoms. The number of hydrogen-bond acceptors (Lipinski definition) is 6. The summed E-state index contributed by atoms with van der Waals surface area (Å²) in [6.45, 7) is 3.37. The maximum atomic E-state index is 12.5. The van der Waals surface area contributed by atoms with E-state index >= 15 is 0 Å². The van der Waals surface area contributed by atoms with Crippen LogP contribution in [-0.2, 0) is 16.0 Å². The molecule has 0 spiro atoms. The molecule has 2 amide bonds. The lowest BCUT2D eigenvalue weighted by Gasteiger charge is -2.15. The van der Waals surface area contributed by atoms with Crippen LogP contribution in [0.2, 0.25) is 0 Å². The van der Waals surface area contributed by atoms with Crippen LogP contribution in [0.4, 0.5) is 5.00 Å². The van der Waals surface area contributed by atoms with Gasteiger partial charge in [0.1, 0.15) is 5.00 Å². The van der Waals surface area contributed by atoms with Gasteiger partial charge in [-0.3, -0.25) is 9.59 Å². The maximum absolute atomic E-state index is 12.5. The first-order chi connectivity index (χ1) is 13.9. The van der Waals surface area contributed by atoms with Crippen molar-refractivity contribution >= 4 is 55.8 Å². The first-order valence-electron chi connectivity index (χ1n) is 9.14. The zero-order valence-electron chi connectivity index (χ0n) is 16.0. The van der Waals surface area contributed by atoms with Gasteiger partial charge in [-0.15, -0.1) is 11.3 Å². The van der Waals surface area contributed by atoms with Crippen LogP contribution in [-0.4, -0.2) is 30.1 Å².